The number of carbonyl (C=O) groups is 1. The molecule has 0 spiro atoms. The number of benzene rings is 2. The predicted molar refractivity (Wildman–Crippen MR) is 102 cm³/mol. The quantitative estimate of drug-likeness (QED) is 0.810. The van der Waals surface area contributed by atoms with E-state index >= 15 is 0 Å². The number of hydrogen-bond donors (Lipinski definition) is 2. The van der Waals surface area contributed by atoms with Crippen LogP contribution in [0.3, 0.4) is 0 Å². The molecule has 2 atom stereocenters. The summed E-state index contributed by atoms with van der Waals surface area (Å²) in [5, 5.41) is 19.9. The van der Waals surface area contributed by atoms with E-state index in [0.29, 0.717) is 11.5 Å². The first kappa shape index (κ1) is 19.4. The Balaban J connectivity index is 1.99. The zero-order chi connectivity index (χ0) is 19.6. The summed E-state index contributed by atoms with van der Waals surface area (Å²) in [4.78, 5) is 13.5. The summed E-state index contributed by atoms with van der Waals surface area (Å²) in [7, 11) is 0. The Morgan fingerprint density at radius 1 is 1.11 bits per heavy atom. The van der Waals surface area contributed by atoms with Crippen molar-refractivity contribution in [1.82, 2.24) is 4.90 Å². The van der Waals surface area contributed by atoms with Crippen LogP contribution in [0, 0.1) is 11.7 Å². The lowest BCUT2D eigenvalue weighted by Crippen LogP contribution is -2.36. The molecule has 2 aromatic rings. The molecule has 0 bridgehead atoms. The Morgan fingerprint density at radius 3 is 2.26 bits per heavy atom. The van der Waals surface area contributed by atoms with Gasteiger partial charge in [-0.3, -0.25) is 9.69 Å². The number of phenols is 1. The fraction of sp³-hybridized carbons (Fsp3) is 0.409. The molecule has 1 saturated heterocycles. The van der Waals surface area contributed by atoms with E-state index in [-0.39, 0.29) is 17.6 Å². The van der Waals surface area contributed by atoms with Crippen LogP contribution in [-0.2, 0) is 4.79 Å². The van der Waals surface area contributed by atoms with Crippen LogP contribution in [0.15, 0.2) is 42.5 Å². The van der Waals surface area contributed by atoms with Gasteiger partial charge in [-0.25, -0.2) is 4.39 Å². The molecule has 4 nitrogen and oxygen atoms in total. The number of rotatable bonds is 5. The summed E-state index contributed by atoms with van der Waals surface area (Å²) in [6.07, 6.45) is 2.15. The fourth-order valence-corrected chi connectivity index (χ4v) is 3.72. The average Bonchev–Trinajstić information content (AvgIpc) is 2.65. The van der Waals surface area contributed by atoms with E-state index in [4.69, 9.17) is 0 Å². The van der Waals surface area contributed by atoms with Gasteiger partial charge in [-0.2, -0.15) is 0 Å². The Morgan fingerprint density at radius 2 is 1.70 bits per heavy atom. The van der Waals surface area contributed by atoms with E-state index in [1.165, 1.54) is 18.2 Å². The van der Waals surface area contributed by atoms with Gasteiger partial charge in [0.15, 0.2) is 0 Å². The summed E-state index contributed by atoms with van der Waals surface area (Å²) in [6, 6.07) is 11.3. The summed E-state index contributed by atoms with van der Waals surface area (Å²) in [5.74, 6) is -1.16. The summed E-state index contributed by atoms with van der Waals surface area (Å²) >= 11 is 0. The third-order valence-electron chi connectivity index (χ3n) is 5.59. The van der Waals surface area contributed by atoms with Crippen molar-refractivity contribution in [2.45, 2.75) is 38.6 Å². The Hall–Kier alpha value is -2.40. The molecule has 0 radical (unpaired) electrons. The van der Waals surface area contributed by atoms with Crippen molar-refractivity contribution in [1.29, 1.82) is 0 Å². The fourth-order valence-electron chi connectivity index (χ4n) is 3.72. The van der Waals surface area contributed by atoms with Crippen molar-refractivity contribution < 1.29 is 19.4 Å². The number of carboxylic acids is 1. The molecular formula is C22H26FNO3. The number of phenolic OH excluding ortho intramolecular Hbond substituents is 1. The van der Waals surface area contributed by atoms with Crippen LogP contribution in [0.1, 0.15) is 55.3 Å². The normalized spacial score (nSPS) is 18.2. The maximum absolute atomic E-state index is 13.4. The maximum atomic E-state index is 13.4. The smallest absolute Gasteiger partial charge is 0.310 e. The third-order valence-corrected chi connectivity index (χ3v) is 5.59. The standard InChI is InChI=1S/C22H26FNO3/c1-14-9-11-24(12-10-14)21(16-3-6-18(23)7-4-16)19-8-5-17(13-20(19)25)15(2)22(26)27/h3-8,13-15,21,25H,9-12H2,1-2H3,(H,26,27)/t15-,21-/m1/s1. The lowest BCUT2D eigenvalue weighted by Gasteiger charge is -2.37. The second-order valence-electron chi connectivity index (χ2n) is 7.55. The Bertz CT molecular complexity index is 798. The molecule has 1 aliphatic rings. The highest BCUT2D eigenvalue weighted by molar-refractivity contribution is 5.75. The first-order chi connectivity index (χ1) is 12.9. The highest BCUT2D eigenvalue weighted by Gasteiger charge is 2.28. The minimum Gasteiger partial charge on any atom is -0.508 e. The van der Waals surface area contributed by atoms with E-state index in [1.54, 1.807) is 31.2 Å². The maximum Gasteiger partial charge on any atom is 0.310 e. The largest absolute Gasteiger partial charge is 0.508 e. The zero-order valence-electron chi connectivity index (χ0n) is 15.7. The number of piperidine rings is 1. The molecule has 0 amide bonds. The molecule has 0 unspecified atom stereocenters. The number of aromatic hydroxyl groups is 1. The minimum atomic E-state index is -0.928. The number of likely N-dealkylation sites (tertiary alicyclic amines) is 1. The second-order valence-corrected chi connectivity index (χ2v) is 7.55. The van der Waals surface area contributed by atoms with Gasteiger partial charge in [0.05, 0.1) is 12.0 Å². The molecular weight excluding hydrogens is 345 g/mol. The van der Waals surface area contributed by atoms with Crippen molar-refractivity contribution >= 4 is 5.97 Å². The van der Waals surface area contributed by atoms with Gasteiger partial charge in [0.1, 0.15) is 11.6 Å². The van der Waals surface area contributed by atoms with Gasteiger partial charge in [0, 0.05) is 5.56 Å². The van der Waals surface area contributed by atoms with Crippen LogP contribution in [0.25, 0.3) is 0 Å². The first-order valence-corrected chi connectivity index (χ1v) is 9.42. The van der Waals surface area contributed by atoms with E-state index in [2.05, 4.69) is 11.8 Å². The van der Waals surface area contributed by atoms with Gasteiger partial charge < -0.3 is 10.2 Å². The van der Waals surface area contributed by atoms with Crippen LogP contribution in [0.2, 0.25) is 0 Å². The number of carboxylic acid groups (broad SMARTS) is 1. The molecule has 2 aromatic carbocycles. The summed E-state index contributed by atoms with van der Waals surface area (Å²) < 4.78 is 13.4. The monoisotopic (exact) mass is 371 g/mol. The van der Waals surface area contributed by atoms with Crippen LogP contribution in [-0.4, -0.2) is 34.2 Å². The molecule has 3 rings (SSSR count). The number of nitrogens with zero attached hydrogens (tertiary/aromatic N) is 1. The highest BCUT2D eigenvalue weighted by Crippen LogP contribution is 2.38. The van der Waals surface area contributed by atoms with Crippen LogP contribution in [0.5, 0.6) is 5.75 Å². The molecule has 1 heterocycles. The Kier molecular flexibility index (Phi) is 5.80. The molecule has 0 aliphatic carbocycles. The van der Waals surface area contributed by atoms with Crippen LogP contribution < -0.4 is 0 Å². The van der Waals surface area contributed by atoms with Gasteiger partial charge in [-0.05, 0) is 68.1 Å². The third kappa shape index (κ3) is 4.30. The van der Waals surface area contributed by atoms with Crippen LogP contribution in [0.4, 0.5) is 4.39 Å². The van der Waals surface area contributed by atoms with Gasteiger partial charge in [0.25, 0.3) is 0 Å². The van der Waals surface area contributed by atoms with E-state index in [0.717, 1.165) is 37.1 Å². The molecule has 5 heteroatoms. The van der Waals surface area contributed by atoms with Crippen molar-refractivity contribution in [2.24, 2.45) is 5.92 Å². The molecule has 27 heavy (non-hydrogen) atoms. The van der Waals surface area contributed by atoms with Crippen LogP contribution >= 0.6 is 0 Å². The topological polar surface area (TPSA) is 60.8 Å². The highest BCUT2D eigenvalue weighted by atomic mass is 19.1. The number of halogens is 1. The molecule has 1 fully saturated rings. The number of hydrogen-bond acceptors (Lipinski definition) is 3. The lowest BCUT2D eigenvalue weighted by molar-refractivity contribution is -0.138. The number of aliphatic carboxylic acids is 1. The van der Waals surface area contributed by atoms with E-state index in [9.17, 15) is 19.4 Å². The minimum absolute atomic E-state index is 0.0774. The molecule has 144 valence electrons. The molecule has 0 saturated carbocycles. The Labute approximate surface area is 159 Å². The van der Waals surface area contributed by atoms with Crippen molar-refractivity contribution in [3.63, 3.8) is 0 Å². The zero-order valence-corrected chi connectivity index (χ0v) is 15.7. The van der Waals surface area contributed by atoms with Gasteiger partial charge in [-0.15, -0.1) is 0 Å². The molecule has 0 aromatic heterocycles. The second kappa shape index (κ2) is 8.09. The molecule has 2 N–H and O–H groups in total. The van der Waals surface area contributed by atoms with Crippen molar-refractivity contribution in [3.8, 4) is 5.75 Å². The van der Waals surface area contributed by atoms with Gasteiger partial charge >= 0.3 is 5.97 Å². The molecule has 1 aliphatic heterocycles. The van der Waals surface area contributed by atoms with Crippen molar-refractivity contribution in [3.05, 3.63) is 65.0 Å². The van der Waals surface area contributed by atoms with Gasteiger partial charge in [-0.1, -0.05) is 31.2 Å². The van der Waals surface area contributed by atoms with Gasteiger partial charge in [0.2, 0.25) is 0 Å². The first-order valence-electron chi connectivity index (χ1n) is 9.42. The SMILES string of the molecule is CC1CCN([C@H](c2ccc(F)cc2)c2ccc([C@@H](C)C(=O)O)cc2O)CC1. The summed E-state index contributed by atoms with van der Waals surface area (Å²) in [5.41, 5.74) is 2.20. The lowest BCUT2D eigenvalue weighted by atomic mass is 9.90. The average molecular weight is 371 g/mol. The van der Waals surface area contributed by atoms with E-state index < -0.39 is 11.9 Å². The predicted octanol–water partition coefficient (Wildman–Crippen LogP) is 4.54. The van der Waals surface area contributed by atoms with E-state index in [1.807, 2.05) is 0 Å². The van der Waals surface area contributed by atoms with Crippen molar-refractivity contribution in [2.75, 3.05) is 13.1 Å². The summed E-state index contributed by atoms with van der Waals surface area (Å²) in [6.45, 7) is 5.63.